The third-order valence-electron chi connectivity index (χ3n) is 4.63. The molecule has 0 amide bonds. The van der Waals surface area contributed by atoms with Gasteiger partial charge in [-0.1, -0.05) is 24.3 Å². The second kappa shape index (κ2) is 3.77. The van der Waals surface area contributed by atoms with Gasteiger partial charge < -0.3 is 9.64 Å². The minimum atomic E-state index is 0.498. The van der Waals surface area contributed by atoms with Gasteiger partial charge in [0.2, 0.25) is 0 Å². The van der Waals surface area contributed by atoms with Crippen molar-refractivity contribution in [2.75, 3.05) is 19.1 Å². The summed E-state index contributed by atoms with van der Waals surface area (Å²) < 4.78 is 5.38. The molecular weight excluding hydrogens is 234 g/mol. The molecule has 0 bridgehead atoms. The van der Waals surface area contributed by atoms with Gasteiger partial charge in [0, 0.05) is 18.7 Å². The van der Waals surface area contributed by atoms with E-state index in [2.05, 4.69) is 54.4 Å². The minimum Gasteiger partial charge on any atom is -0.497 e. The Morgan fingerprint density at radius 3 is 2.79 bits per heavy atom. The topological polar surface area (TPSA) is 12.5 Å². The van der Waals surface area contributed by atoms with Crippen LogP contribution in [0.3, 0.4) is 0 Å². The molecule has 2 unspecified atom stereocenters. The van der Waals surface area contributed by atoms with Gasteiger partial charge in [0.1, 0.15) is 5.75 Å². The molecule has 2 aromatic carbocycles. The molecule has 0 saturated carbocycles. The Hall–Kier alpha value is -1.96. The van der Waals surface area contributed by atoms with E-state index in [1.807, 2.05) is 0 Å². The van der Waals surface area contributed by atoms with Gasteiger partial charge >= 0.3 is 0 Å². The van der Waals surface area contributed by atoms with Gasteiger partial charge in [-0.05, 0) is 41.3 Å². The third-order valence-corrected chi connectivity index (χ3v) is 4.63. The fourth-order valence-corrected chi connectivity index (χ4v) is 3.76. The number of nitrogens with zero attached hydrogens (tertiary/aromatic N) is 1. The first kappa shape index (κ1) is 10.9. The average Bonchev–Trinajstić information content (AvgIpc) is 2.96. The molecule has 0 N–H and O–H groups in total. The molecule has 0 aromatic heterocycles. The van der Waals surface area contributed by atoms with Crippen LogP contribution in [0, 0.1) is 0 Å². The van der Waals surface area contributed by atoms with Crippen molar-refractivity contribution in [1.82, 2.24) is 0 Å². The molecule has 2 atom stereocenters. The van der Waals surface area contributed by atoms with Crippen LogP contribution in [0.4, 0.5) is 5.69 Å². The Morgan fingerprint density at radius 2 is 1.95 bits per heavy atom. The third kappa shape index (κ3) is 1.37. The maximum atomic E-state index is 5.38. The summed E-state index contributed by atoms with van der Waals surface area (Å²) in [5.41, 5.74) is 5.77. The second-order valence-corrected chi connectivity index (χ2v) is 5.49. The summed E-state index contributed by atoms with van der Waals surface area (Å²) in [6, 6.07) is 15.8. The Morgan fingerprint density at radius 1 is 1.11 bits per heavy atom. The first-order valence-electron chi connectivity index (χ1n) is 6.78. The summed E-state index contributed by atoms with van der Waals surface area (Å²) in [4.78, 5) is 2.42. The van der Waals surface area contributed by atoms with Crippen LogP contribution >= 0.6 is 0 Å². The standard InChI is InChI=1S/C17H17NO/c1-18-16-8-7-12(19-2)10-14(16)15-9-11-5-3-4-6-13(11)17(15)18/h3-8,10,15,17H,9H2,1-2H3. The lowest BCUT2D eigenvalue weighted by molar-refractivity contribution is 0.414. The molecule has 96 valence electrons. The van der Waals surface area contributed by atoms with E-state index >= 15 is 0 Å². The normalized spacial score (nSPS) is 22.9. The number of fused-ring (bicyclic) bond motifs is 5. The zero-order chi connectivity index (χ0) is 13.0. The van der Waals surface area contributed by atoms with E-state index in [0.717, 1.165) is 12.2 Å². The molecule has 0 radical (unpaired) electrons. The first-order valence-corrected chi connectivity index (χ1v) is 6.78. The fraction of sp³-hybridized carbons (Fsp3) is 0.294. The number of ether oxygens (including phenoxy) is 1. The Kier molecular flexibility index (Phi) is 2.16. The van der Waals surface area contributed by atoms with Crippen LogP contribution in [0.2, 0.25) is 0 Å². The highest BCUT2D eigenvalue weighted by molar-refractivity contribution is 5.67. The highest BCUT2D eigenvalue weighted by Gasteiger charge is 2.42. The van der Waals surface area contributed by atoms with E-state index in [4.69, 9.17) is 4.74 Å². The van der Waals surface area contributed by atoms with E-state index in [9.17, 15) is 0 Å². The molecule has 19 heavy (non-hydrogen) atoms. The molecule has 2 nitrogen and oxygen atoms in total. The monoisotopic (exact) mass is 251 g/mol. The van der Waals surface area contributed by atoms with Gasteiger partial charge in [0.25, 0.3) is 0 Å². The van der Waals surface area contributed by atoms with E-state index in [0.29, 0.717) is 12.0 Å². The smallest absolute Gasteiger partial charge is 0.119 e. The maximum Gasteiger partial charge on any atom is 0.119 e. The number of methoxy groups -OCH3 is 1. The van der Waals surface area contributed by atoms with Gasteiger partial charge in [0.15, 0.2) is 0 Å². The van der Waals surface area contributed by atoms with Crippen molar-refractivity contribution in [3.63, 3.8) is 0 Å². The average molecular weight is 251 g/mol. The molecule has 0 fully saturated rings. The summed E-state index contributed by atoms with van der Waals surface area (Å²) in [7, 11) is 3.94. The molecule has 0 spiro atoms. The predicted molar refractivity (Wildman–Crippen MR) is 77.0 cm³/mol. The largest absolute Gasteiger partial charge is 0.497 e. The van der Waals surface area contributed by atoms with Crippen molar-refractivity contribution < 1.29 is 4.74 Å². The Balaban J connectivity index is 1.86. The lowest BCUT2D eigenvalue weighted by Gasteiger charge is -2.22. The van der Waals surface area contributed by atoms with Crippen molar-refractivity contribution in [2.24, 2.45) is 0 Å². The highest BCUT2D eigenvalue weighted by Crippen LogP contribution is 2.54. The van der Waals surface area contributed by atoms with Crippen molar-refractivity contribution >= 4 is 5.69 Å². The van der Waals surface area contributed by atoms with Gasteiger partial charge in [0.05, 0.1) is 13.2 Å². The van der Waals surface area contributed by atoms with E-state index in [-0.39, 0.29) is 0 Å². The van der Waals surface area contributed by atoms with Crippen LogP contribution in [0.5, 0.6) is 5.75 Å². The number of rotatable bonds is 1. The number of benzene rings is 2. The van der Waals surface area contributed by atoms with E-state index in [1.54, 1.807) is 7.11 Å². The fourth-order valence-electron chi connectivity index (χ4n) is 3.76. The molecule has 1 heterocycles. The lowest BCUT2D eigenvalue weighted by Crippen LogP contribution is -2.19. The van der Waals surface area contributed by atoms with Gasteiger partial charge in [-0.2, -0.15) is 0 Å². The molecular formula is C17H17NO. The molecule has 2 heteroatoms. The van der Waals surface area contributed by atoms with Gasteiger partial charge in [-0.3, -0.25) is 0 Å². The van der Waals surface area contributed by atoms with Crippen LogP contribution in [0.1, 0.15) is 28.7 Å². The zero-order valence-electron chi connectivity index (χ0n) is 11.3. The summed E-state index contributed by atoms with van der Waals surface area (Å²) >= 11 is 0. The quantitative estimate of drug-likeness (QED) is 0.769. The van der Waals surface area contributed by atoms with Crippen LogP contribution in [0.25, 0.3) is 0 Å². The van der Waals surface area contributed by atoms with Gasteiger partial charge in [-0.15, -0.1) is 0 Å². The Bertz CT molecular complexity index is 649. The molecule has 1 aliphatic carbocycles. The zero-order valence-corrected chi connectivity index (χ0v) is 11.3. The number of hydrogen-bond acceptors (Lipinski definition) is 2. The summed E-state index contributed by atoms with van der Waals surface area (Å²) in [6.45, 7) is 0. The van der Waals surface area contributed by atoms with Crippen molar-refractivity contribution in [1.29, 1.82) is 0 Å². The second-order valence-electron chi connectivity index (χ2n) is 5.49. The molecule has 0 saturated heterocycles. The van der Waals surface area contributed by atoms with Gasteiger partial charge in [-0.25, -0.2) is 0 Å². The predicted octanol–water partition coefficient (Wildman–Crippen LogP) is 3.53. The summed E-state index contributed by atoms with van der Waals surface area (Å²) in [5, 5.41) is 0. The summed E-state index contributed by atoms with van der Waals surface area (Å²) in [5.74, 6) is 1.54. The molecule has 2 aliphatic rings. The first-order chi connectivity index (χ1) is 9.29. The van der Waals surface area contributed by atoms with Crippen molar-refractivity contribution in [2.45, 2.75) is 18.4 Å². The van der Waals surface area contributed by atoms with E-state index in [1.165, 1.54) is 22.4 Å². The molecule has 1 aliphatic heterocycles. The lowest BCUT2D eigenvalue weighted by atomic mass is 9.96. The summed E-state index contributed by atoms with van der Waals surface area (Å²) in [6.07, 6.45) is 1.14. The van der Waals surface area contributed by atoms with Crippen LogP contribution < -0.4 is 9.64 Å². The van der Waals surface area contributed by atoms with Crippen molar-refractivity contribution in [3.8, 4) is 5.75 Å². The highest BCUT2D eigenvalue weighted by atomic mass is 16.5. The maximum absolute atomic E-state index is 5.38. The van der Waals surface area contributed by atoms with Crippen LogP contribution in [-0.4, -0.2) is 14.2 Å². The molecule has 4 rings (SSSR count). The number of hydrogen-bond donors (Lipinski definition) is 0. The Labute approximate surface area is 113 Å². The van der Waals surface area contributed by atoms with Crippen LogP contribution in [0.15, 0.2) is 42.5 Å². The number of likely N-dealkylation sites (N-methyl/N-ethyl adjacent to an activating group) is 1. The van der Waals surface area contributed by atoms with Crippen molar-refractivity contribution in [3.05, 3.63) is 59.2 Å². The molecule has 2 aromatic rings. The van der Waals surface area contributed by atoms with E-state index < -0.39 is 0 Å². The minimum absolute atomic E-state index is 0.498. The SMILES string of the molecule is COc1ccc2c(c1)C1Cc3ccccc3C1N2C. The van der Waals surface area contributed by atoms with Crippen LogP contribution in [-0.2, 0) is 6.42 Å². The number of anilines is 1.